The monoisotopic (exact) mass is 203 g/mol. The third-order valence-corrected chi connectivity index (χ3v) is 2.89. The number of nitrogens with two attached hydrogens (primary N) is 2. The lowest BCUT2D eigenvalue weighted by atomic mass is 9.80. The molecule has 3 heteroatoms. The van der Waals surface area contributed by atoms with E-state index in [1.807, 2.05) is 6.07 Å². The van der Waals surface area contributed by atoms with Crippen LogP contribution in [0.25, 0.3) is 0 Å². The van der Waals surface area contributed by atoms with Crippen molar-refractivity contribution in [1.29, 1.82) is 5.26 Å². The Labute approximate surface area is 90.7 Å². The van der Waals surface area contributed by atoms with E-state index in [1.165, 1.54) is 0 Å². The largest absolute Gasteiger partial charge is 0.398 e. The van der Waals surface area contributed by atoms with E-state index in [4.69, 9.17) is 16.7 Å². The van der Waals surface area contributed by atoms with Gasteiger partial charge in [-0.05, 0) is 24.0 Å². The van der Waals surface area contributed by atoms with Crippen LogP contribution >= 0.6 is 0 Å². The molecular weight excluding hydrogens is 186 g/mol. The van der Waals surface area contributed by atoms with E-state index in [-0.39, 0.29) is 5.41 Å². The molecule has 15 heavy (non-hydrogen) atoms. The van der Waals surface area contributed by atoms with Gasteiger partial charge in [-0.25, -0.2) is 0 Å². The van der Waals surface area contributed by atoms with Crippen molar-refractivity contribution in [3.05, 3.63) is 23.3 Å². The van der Waals surface area contributed by atoms with E-state index in [9.17, 15) is 0 Å². The van der Waals surface area contributed by atoms with E-state index in [1.54, 1.807) is 12.1 Å². The Morgan fingerprint density at radius 3 is 2.07 bits per heavy atom. The molecule has 0 aliphatic carbocycles. The maximum absolute atomic E-state index is 8.78. The van der Waals surface area contributed by atoms with Gasteiger partial charge < -0.3 is 11.5 Å². The Morgan fingerprint density at radius 1 is 1.27 bits per heavy atom. The first-order valence-electron chi connectivity index (χ1n) is 5.02. The molecule has 0 spiro atoms. The summed E-state index contributed by atoms with van der Waals surface area (Å²) in [6, 6.07) is 5.41. The molecule has 0 amide bonds. The topological polar surface area (TPSA) is 75.8 Å². The summed E-state index contributed by atoms with van der Waals surface area (Å²) in [6.07, 6.45) is 0.952. The number of hydrogen-bond donors (Lipinski definition) is 2. The fraction of sp³-hybridized carbons (Fsp3) is 0.417. The normalized spacial score (nSPS) is 11.1. The molecule has 0 radical (unpaired) electrons. The van der Waals surface area contributed by atoms with Crippen molar-refractivity contribution >= 4 is 11.4 Å². The summed E-state index contributed by atoms with van der Waals surface area (Å²) < 4.78 is 0. The van der Waals surface area contributed by atoms with Crippen LogP contribution in [0.3, 0.4) is 0 Å². The van der Waals surface area contributed by atoms with Crippen LogP contribution in [0.1, 0.15) is 38.3 Å². The molecule has 1 aromatic rings. The van der Waals surface area contributed by atoms with E-state index in [0.29, 0.717) is 16.9 Å². The average molecular weight is 203 g/mol. The van der Waals surface area contributed by atoms with E-state index < -0.39 is 0 Å². The molecule has 0 aromatic heterocycles. The van der Waals surface area contributed by atoms with Gasteiger partial charge in [0.05, 0.1) is 11.6 Å². The van der Waals surface area contributed by atoms with Gasteiger partial charge in [0.1, 0.15) is 0 Å². The lowest BCUT2D eigenvalue weighted by molar-refractivity contribution is 0.510. The maximum Gasteiger partial charge on any atom is 0.0993 e. The lowest BCUT2D eigenvalue weighted by Gasteiger charge is -2.26. The quantitative estimate of drug-likeness (QED) is 0.725. The number of hydrogen-bond acceptors (Lipinski definition) is 3. The molecule has 0 fully saturated rings. The summed E-state index contributed by atoms with van der Waals surface area (Å²) in [6.45, 7) is 6.29. The number of rotatable bonds is 2. The van der Waals surface area contributed by atoms with Gasteiger partial charge in [-0.1, -0.05) is 20.8 Å². The average Bonchev–Trinajstić information content (AvgIpc) is 2.16. The van der Waals surface area contributed by atoms with Gasteiger partial charge in [0.25, 0.3) is 0 Å². The molecular formula is C12H17N3. The van der Waals surface area contributed by atoms with E-state index >= 15 is 0 Å². The molecule has 80 valence electrons. The molecule has 0 saturated carbocycles. The van der Waals surface area contributed by atoms with E-state index in [2.05, 4.69) is 20.8 Å². The summed E-state index contributed by atoms with van der Waals surface area (Å²) in [4.78, 5) is 0. The van der Waals surface area contributed by atoms with Crippen LogP contribution < -0.4 is 11.5 Å². The fourth-order valence-corrected chi connectivity index (χ4v) is 1.71. The number of nitriles is 1. The van der Waals surface area contributed by atoms with Crippen molar-refractivity contribution in [2.24, 2.45) is 0 Å². The molecule has 3 nitrogen and oxygen atoms in total. The zero-order valence-electron chi connectivity index (χ0n) is 9.46. The summed E-state index contributed by atoms with van der Waals surface area (Å²) in [5.41, 5.74) is 14.5. The van der Waals surface area contributed by atoms with Gasteiger partial charge in [-0.15, -0.1) is 0 Å². The molecule has 0 atom stereocenters. The Bertz CT molecular complexity index is 390. The molecule has 1 rings (SSSR count). The molecule has 1 aromatic carbocycles. The summed E-state index contributed by atoms with van der Waals surface area (Å²) in [5, 5.41) is 8.78. The van der Waals surface area contributed by atoms with Crippen molar-refractivity contribution in [3.63, 3.8) is 0 Å². The van der Waals surface area contributed by atoms with Crippen molar-refractivity contribution < 1.29 is 0 Å². The third kappa shape index (κ3) is 2.04. The summed E-state index contributed by atoms with van der Waals surface area (Å²) in [5.74, 6) is 0. The molecule has 0 heterocycles. The third-order valence-electron chi connectivity index (χ3n) is 2.89. The molecule has 0 unspecified atom stereocenters. The van der Waals surface area contributed by atoms with E-state index in [0.717, 1.165) is 12.0 Å². The van der Waals surface area contributed by atoms with Crippen LogP contribution in [0.5, 0.6) is 0 Å². The molecule has 0 aliphatic rings. The van der Waals surface area contributed by atoms with Crippen LogP contribution in [0.2, 0.25) is 0 Å². The Morgan fingerprint density at radius 2 is 1.73 bits per heavy atom. The van der Waals surface area contributed by atoms with Gasteiger partial charge in [0.15, 0.2) is 0 Å². The predicted molar refractivity (Wildman–Crippen MR) is 63.3 cm³/mol. The Balaban J connectivity index is 3.39. The minimum atomic E-state index is -0.0534. The highest BCUT2D eigenvalue weighted by molar-refractivity contribution is 5.67. The minimum absolute atomic E-state index is 0.0534. The Kier molecular flexibility index (Phi) is 2.90. The number of benzene rings is 1. The molecule has 0 bridgehead atoms. The zero-order valence-corrected chi connectivity index (χ0v) is 9.46. The molecule has 4 N–H and O–H groups in total. The van der Waals surface area contributed by atoms with Gasteiger partial charge in [-0.2, -0.15) is 5.26 Å². The summed E-state index contributed by atoms with van der Waals surface area (Å²) >= 11 is 0. The van der Waals surface area contributed by atoms with Crippen molar-refractivity contribution in [3.8, 4) is 6.07 Å². The van der Waals surface area contributed by atoms with Crippen molar-refractivity contribution in [2.75, 3.05) is 11.5 Å². The number of nitrogen functional groups attached to an aromatic ring is 2. The first kappa shape index (κ1) is 11.4. The standard InChI is InChI=1S/C12H17N3/c1-4-12(2,3)11-9(14)5-8(7-13)6-10(11)15/h5-6H,4,14-15H2,1-3H3. The predicted octanol–water partition coefficient (Wildman–Crippen LogP) is 2.41. The highest BCUT2D eigenvalue weighted by Crippen LogP contribution is 2.36. The Hall–Kier alpha value is -1.69. The molecule has 0 aliphatic heterocycles. The second kappa shape index (κ2) is 3.82. The van der Waals surface area contributed by atoms with Gasteiger partial charge in [0, 0.05) is 16.9 Å². The smallest absolute Gasteiger partial charge is 0.0993 e. The van der Waals surface area contributed by atoms with Gasteiger partial charge >= 0.3 is 0 Å². The second-order valence-corrected chi connectivity index (χ2v) is 4.38. The lowest BCUT2D eigenvalue weighted by Crippen LogP contribution is -2.20. The maximum atomic E-state index is 8.78. The highest BCUT2D eigenvalue weighted by atomic mass is 14.6. The van der Waals surface area contributed by atoms with Crippen LogP contribution in [0.4, 0.5) is 11.4 Å². The summed E-state index contributed by atoms with van der Waals surface area (Å²) in [7, 11) is 0. The first-order valence-corrected chi connectivity index (χ1v) is 5.02. The van der Waals surface area contributed by atoms with Crippen molar-refractivity contribution in [1.82, 2.24) is 0 Å². The van der Waals surface area contributed by atoms with Gasteiger partial charge in [-0.3, -0.25) is 0 Å². The number of nitrogens with zero attached hydrogens (tertiary/aromatic N) is 1. The molecule has 0 saturated heterocycles. The number of anilines is 2. The highest BCUT2D eigenvalue weighted by Gasteiger charge is 2.23. The van der Waals surface area contributed by atoms with Crippen LogP contribution in [0.15, 0.2) is 12.1 Å². The van der Waals surface area contributed by atoms with Crippen LogP contribution in [0, 0.1) is 11.3 Å². The van der Waals surface area contributed by atoms with Crippen LogP contribution in [-0.4, -0.2) is 0 Å². The van der Waals surface area contributed by atoms with Crippen LogP contribution in [-0.2, 0) is 5.41 Å². The van der Waals surface area contributed by atoms with Crippen molar-refractivity contribution in [2.45, 2.75) is 32.6 Å². The zero-order chi connectivity index (χ0) is 11.6. The minimum Gasteiger partial charge on any atom is -0.398 e. The fourth-order valence-electron chi connectivity index (χ4n) is 1.71. The first-order chi connectivity index (χ1) is 6.92. The second-order valence-electron chi connectivity index (χ2n) is 4.38. The van der Waals surface area contributed by atoms with Gasteiger partial charge in [0.2, 0.25) is 0 Å². The SMILES string of the molecule is CCC(C)(C)c1c(N)cc(C#N)cc1N.